The molecular weight excluding hydrogens is 236 g/mol. The second-order valence-electron chi connectivity index (χ2n) is 5.54. The highest BCUT2D eigenvalue weighted by atomic mass is 15.2. The summed E-state index contributed by atoms with van der Waals surface area (Å²) in [5.74, 6) is 0. The Balaban J connectivity index is 1.62. The zero-order valence-electron chi connectivity index (χ0n) is 12.2. The topological polar surface area (TPSA) is 31.4 Å². The lowest BCUT2D eigenvalue weighted by Crippen LogP contribution is -2.46. The van der Waals surface area contributed by atoms with Gasteiger partial charge in [0, 0.05) is 38.4 Å². The smallest absolute Gasteiger partial charge is 0.0541 e. The highest BCUT2D eigenvalue weighted by Crippen LogP contribution is 2.12. The molecule has 1 aliphatic rings. The molecule has 0 radical (unpaired) electrons. The fraction of sp³-hybridized carbons (Fsp3) is 0.667. The van der Waals surface area contributed by atoms with Gasteiger partial charge in [-0.15, -0.1) is 0 Å². The summed E-state index contributed by atoms with van der Waals surface area (Å²) in [6.07, 6.45) is 4.51. The molecule has 0 aliphatic carbocycles. The van der Waals surface area contributed by atoms with E-state index in [4.69, 9.17) is 0 Å². The molecule has 2 rings (SSSR count). The third-order valence-electron chi connectivity index (χ3n) is 3.90. The monoisotopic (exact) mass is 262 g/mol. The zero-order valence-corrected chi connectivity index (χ0v) is 12.2. The van der Waals surface area contributed by atoms with Gasteiger partial charge in [-0.3, -0.25) is 4.98 Å². The van der Waals surface area contributed by atoms with Gasteiger partial charge >= 0.3 is 0 Å². The van der Waals surface area contributed by atoms with Crippen LogP contribution in [0.4, 0.5) is 0 Å². The van der Waals surface area contributed by atoms with E-state index in [-0.39, 0.29) is 0 Å². The third kappa shape index (κ3) is 4.90. The molecular formula is C15H26N4. The fourth-order valence-corrected chi connectivity index (χ4v) is 2.66. The van der Waals surface area contributed by atoms with Crippen LogP contribution in [0.5, 0.6) is 0 Å². The molecule has 1 atom stereocenters. The van der Waals surface area contributed by atoms with Crippen LogP contribution in [0.2, 0.25) is 0 Å². The molecule has 1 aliphatic heterocycles. The minimum Gasteiger partial charge on any atom is -0.310 e. The van der Waals surface area contributed by atoms with Crippen molar-refractivity contribution in [2.75, 3.05) is 40.3 Å². The van der Waals surface area contributed by atoms with Crippen LogP contribution >= 0.6 is 0 Å². The van der Waals surface area contributed by atoms with E-state index in [0.29, 0.717) is 0 Å². The van der Waals surface area contributed by atoms with E-state index >= 15 is 0 Å². The van der Waals surface area contributed by atoms with E-state index in [0.717, 1.165) is 31.4 Å². The van der Waals surface area contributed by atoms with Gasteiger partial charge < -0.3 is 15.1 Å². The predicted molar refractivity (Wildman–Crippen MR) is 79.1 cm³/mol. The van der Waals surface area contributed by atoms with Crippen LogP contribution in [-0.4, -0.2) is 61.1 Å². The average Bonchev–Trinajstić information content (AvgIpc) is 2.44. The van der Waals surface area contributed by atoms with Crippen molar-refractivity contribution >= 4 is 0 Å². The van der Waals surface area contributed by atoms with Crippen LogP contribution in [0.15, 0.2) is 24.4 Å². The van der Waals surface area contributed by atoms with Gasteiger partial charge in [-0.1, -0.05) is 6.07 Å². The van der Waals surface area contributed by atoms with Crippen LogP contribution in [0.25, 0.3) is 0 Å². The minimum absolute atomic E-state index is 0.718. The predicted octanol–water partition coefficient (Wildman–Crippen LogP) is 1.20. The van der Waals surface area contributed by atoms with Gasteiger partial charge in [0.25, 0.3) is 0 Å². The molecule has 0 saturated carbocycles. The van der Waals surface area contributed by atoms with Crippen molar-refractivity contribution in [2.45, 2.75) is 25.4 Å². The number of likely N-dealkylation sites (tertiary alicyclic amines) is 1. The molecule has 19 heavy (non-hydrogen) atoms. The zero-order chi connectivity index (χ0) is 13.5. The lowest BCUT2D eigenvalue weighted by Gasteiger charge is -2.35. The Labute approximate surface area is 116 Å². The molecule has 106 valence electrons. The van der Waals surface area contributed by atoms with Crippen molar-refractivity contribution in [1.82, 2.24) is 20.1 Å². The quantitative estimate of drug-likeness (QED) is 0.781. The molecule has 0 aromatic carbocycles. The molecule has 0 bridgehead atoms. The van der Waals surface area contributed by atoms with Crippen LogP contribution in [0.3, 0.4) is 0 Å². The maximum atomic E-state index is 4.31. The maximum Gasteiger partial charge on any atom is 0.0541 e. The summed E-state index contributed by atoms with van der Waals surface area (Å²) in [5.41, 5.74) is 1.11. The van der Waals surface area contributed by atoms with Crippen LogP contribution in [0.1, 0.15) is 18.5 Å². The summed E-state index contributed by atoms with van der Waals surface area (Å²) < 4.78 is 0. The van der Waals surface area contributed by atoms with Gasteiger partial charge in [-0.2, -0.15) is 0 Å². The van der Waals surface area contributed by atoms with Crippen molar-refractivity contribution in [3.8, 4) is 0 Å². The summed E-state index contributed by atoms with van der Waals surface area (Å²) in [4.78, 5) is 9.24. The standard InChI is InChI=1S/C15H26N4/c1-18-10-5-7-15(13-18)19(2)11-9-16-12-14-6-3-4-8-17-14/h3-4,6,8,15-16H,5,7,9-13H2,1-2H3. The maximum absolute atomic E-state index is 4.31. The van der Waals surface area contributed by atoms with Crippen molar-refractivity contribution < 1.29 is 0 Å². The van der Waals surface area contributed by atoms with Crippen LogP contribution in [0, 0.1) is 0 Å². The van der Waals surface area contributed by atoms with Gasteiger partial charge in [0.1, 0.15) is 0 Å². The lowest BCUT2D eigenvalue weighted by atomic mass is 10.1. The summed E-state index contributed by atoms with van der Waals surface area (Å²) in [6.45, 7) is 5.44. The van der Waals surface area contributed by atoms with Gasteiger partial charge in [0.15, 0.2) is 0 Å². The van der Waals surface area contributed by atoms with Gasteiger partial charge in [-0.25, -0.2) is 0 Å². The first-order chi connectivity index (χ1) is 9.25. The van der Waals surface area contributed by atoms with Crippen molar-refractivity contribution in [3.05, 3.63) is 30.1 Å². The van der Waals surface area contributed by atoms with Crippen molar-refractivity contribution in [2.24, 2.45) is 0 Å². The Morgan fingerprint density at radius 3 is 3.11 bits per heavy atom. The first-order valence-electron chi connectivity index (χ1n) is 7.25. The molecule has 2 heterocycles. The Kier molecular flexibility index (Phi) is 5.76. The van der Waals surface area contributed by atoms with E-state index in [1.807, 2.05) is 18.3 Å². The van der Waals surface area contributed by atoms with E-state index in [1.54, 1.807) is 0 Å². The Morgan fingerprint density at radius 1 is 1.47 bits per heavy atom. The summed E-state index contributed by atoms with van der Waals surface area (Å²) in [6, 6.07) is 6.77. The normalized spacial score (nSPS) is 20.9. The van der Waals surface area contributed by atoms with Crippen LogP contribution in [-0.2, 0) is 6.54 Å². The number of rotatable bonds is 6. The van der Waals surface area contributed by atoms with Crippen molar-refractivity contribution in [3.63, 3.8) is 0 Å². The number of hydrogen-bond acceptors (Lipinski definition) is 4. The molecule has 1 N–H and O–H groups in total. The Bertz CT molecular complexity index is 354. The second-order valence-corrected chi connectivity index (χ2v) is 5.54. The number of aromatic nitrogens is 1. The molecule has 1 aromatic heterocycles. The average molecular weight is 262 g/mol. The lowest BCUT2D eigenvalue weighted by molar-refractivity contribution is 0.135. The first-order valence-corrected chi connectivity index (χ1v) is 7.25. The molecule has 1 fully saturated rings. The number of nitrogens with one attached hydrogen (secondary N) is 1. The van der Waals surface area contributed by atoms with Crippen molar-refractivity contribution in [1.29, 1.82) is 0 Å². The van der Waals surface area contributed by atoms with E-state index in [9.17, 15) is 0 Å². The molecule has 0 amide bonds. The third-order valence-corrected chi connectivity index (χ3v) is 3.90. The summed E-state index contributed by atoms with van der Waals surface area (Å²) in [7, 11) is 4.46. The summed E-state index contributed by atoms with van der Waals surface area (Å²) >= 11 is 0. The Morgan fingerprint density at radius 2 is 2.37 bits per heavy atom. The number of likely N-dealkylation sites (N-methyl/N-ethyl adjacent to an activating group) is 2. The Hall–Kier alpha value is -0.970. The largest absolute Gasteiger partial charge is 0.310 e. The highest BCUT2D eigenvalue weighted by molar-refractivity contribution is 5.02. The number of pyridine rings is 1. The highest BCUT2D eigenvalue weighted by Gasteiger charge is 2.20. The molecule has 0 spiro atoms. The van der Waals surface area contributed by atoms with E-state index in [1.165, 1.54) is 25.9 Å². The van der Waals surface area contributed by atoms with E-state index < -0.39 is 0 Å². The minimum atomic E-state index is 0.718. The SMILES string of the molecule is CN1CCCC(N(C)CCNCc2ccccn2)C1. The second kappa shape index (κ2) is 7.58. The van der Waals surface area contributed by atoms with Crippen LogP contribution < -0.4 is 5.32 Å². The van der Waals surface area contributed by atoms with E-state index in [2.05, 4.69) is 40.3 Å². The molecule has 1 saturated heterocycles. The molecule has 4 heteroatoms. The van der Waals surface area contributed by atoms with Gasteiger partial charge in [0.2, 0.25) is 0 Å². The number of nitrogens with zero attached hydrogens (tertiary/aromatic N) is 3. The number of hydrogen-bond donors (Lipinski definition) is 1. The molecule has 1 unspecified atom stereocenters. The van der Waals surface area contributed by atoms with Gasteiger partial charge in [-0.05, 0) is 45.6 Å². The summed E-state index contributed by atoms with van der Waals surface area (Å²) in [5, 5.41) is 3.47. The van der Waals surface area contributed by atoms with Gasteiger partial charge in [0.05, 0.1) is 5.69 Å². The fourth-order valence-electron chi connectivity index (χ4n) is 2.66. The molecule has 4 nitrogen and oxygen atoms in total. The first kappa shape index (κ1) is 14.4. The number of piperidine rings is 1. The molecule has 1 aromatic rings.